The van der Waals surface area contributed by atoms with Crippen molar-refractivity contribution in [2.75, 3.05) is 6.61 Å². The third-order valence-electron chi connectivity index (χ3n) is 1.19. The van der Waals surface area contributed by atoms with Crippen LogP contribution in [0.2, 0.25) is 0 Å². The van der Waals surface area contributed by atoms with Crippen LogP contribution in [0.1, 0.15) is 12.8 Å². The monoisotopic (exact) mass is 146 g/mol. The summed E-state index contributed by atoms with van der Waals surface area (Å²) in [4.78, 5) is 10.4. The van der Waals surface area contributed by atoms with Crippen LogP contribution in [0.5, 0.6) is 0 Å². The van der Waals surface area contributed by atoms with Crippen LogP contribution in [0.4, 0.5) is 0 Å². The zero-order valence-electron chi connectivity index (χ0n) is 4.89. The van der Waals surface area contributed by atoms with Gasteiger partial charge < -0.3 is 4.74 Å². The predicted octanol–water partition coefficient (Wildman–Crippen LogP) is 1.45. The second-order valence-electron chi connectivity index (χ2n) is 1.89. The Morgan fingerprint density at radius 1 is 1.78 bits per heavy atom. The van der Waals surface area contributed by atoms with Crippen molar-refractivity contribution < 1.29 is 9.53 Å². The zero-order chi connectivity index (χ0) is 6.69. The van der Waals surface area contributed by atoms with E-state index in [0.29, 0.717) is 12.2 Å². The summed E-state index contributed by atoms with van der Waals surface area (Å²) in [7, 11) is 0. The first-order chi connectivity index (χ1) is 4.30. The summed E-state index contributed by atoms with van der Waals surface area (Å²) in [6.45, 7) is 0.702. The standard InChI is InChI=1S/C6H7ClO2/c7-6(8)5-2-1-3-9-4-5/h4H,1-3H2. The predicted molar refractivity (Wildman–Crippen MR) is 34.1 cm³/mol. The smallest absolute Gasteiger partial charge is 0.251 e. The van der Waals surface area contributed by atoms with E-state index in [9.17, 15) is 4.79 Å². The molecule has 1 aliphatic rings. The van der Waals surface area contributed by atoms with E-state index in [-0.39, 0.29) is 0 Å². The number of halogens is 1. The molecule has 0 aliphatic carbocycles. The maximum absolute atomic E-state index is 10.4. The van der Waals surface area contributed by atoms with E-state index in [4.69, 9.17) is 16.3 Å². The Hall–Kier alpha value is -0.500. The third kappa shape index (κ3) is 1.72. The fourth-order valence-electron chi connectivity index (χ4n) is 0.709. The lowest BCUT2D eigenvalue weighted by atomic mass is 10.1. The SMILES string of the molecule is O=C(Cl)C1=COCCC1. The van der Waals surface area contributed by atoms with Crippen molar-refractivity contribution in [2.45, 2.75) is 12.8 Å². The number of allylic oxidation sites excluding steroid dienone is 1. The summed E-state index contributed by atoms with van der Waals surface area (Å²) in [5.41, 5.74) is 0.586. The zero-order valence-corrected chi connectivity index (χ0v) is 5.65. The molecule has 50 valence electrons. The lowest BCUT2D eigenvalue weighted by Crippen LogP contribution is -2.03. The van der Waals surface area contributed by atoms with Crippen LogP contribution in [-0.2, 0) is 9.53 Å². The first kappa shape index (κ1) is 6.62. The van der Waals surface area contributed by atoms with Gasteiger partial charge in [0.1, 0.15) is 0 Å². The quantitative estimate of drug-likeness (QED) is 0.524. The minimum atomic E-state index is -0.394. The van der Waals surface area contributed by atoms with E-state index >= 15 is 0 Å². The number of carbonyl (C=O) groups excluding carboxylic acids is 1. The Morgan fingerprint density at radius 2 is 2.56 bits per heavy atom. The normalized spacial score (nSPS) is 18.1. The van der Waals surface area contributed by atoms with Crippen molar-refractivity contribution in [3.05, 3.63) is 11.8 Å². The summed E-state index contributed by atoms with van der Waals surface area (Å²) >= 11 is 5.17. The Labute approximate surface area is 58.4 Å². The largest absolute Gasteiger partial charge is 0.501 e. The summed E-state index contributed by atoms with van der Waals surface area (Å²) in [5.74, 6) is 0. The van der Waals surface area contributed by atoms with E-state index < -0.39 is 5.24 Å². The van der Waals surface area contributed by atoms with Gasteiger partial charge in [0.05, 0.1) is 12.9 Å². The Bertz CT molecular complexity index is 151. The molecule has 9 heavy (non-hydrogen) atoms. The fraction of sp³-hybridized carbons (Fsp3) is 0.500. The van der Waals surface area contributed by atoms with E-state index in [1.807, 2.05) is 0 Å². The molecule has 0 aromatic heterocycles. The molecule has 0 fully saturated rings. The molecular formula is C6H7ClO2. The molecule has 0 unspecified atom stereocenters. The van der Waals surface area contributed by atoms with Crippen LogP contribution in [0.25, 0.3) is 0 Å². The number of hydrogen-bond acceptors (Lipinski definition) is 2. The Morgan fingerprint density at radius 3 is 2.89 bits per heavy atom. The molecule has 1 heterocycles. The molecule has 0 N–H and O–H groups in total. The van der Waals surface area contributed by atoms with Gasteiger partial charge in [-0.25, -0.2) is 0 Å². The van der Waals surface area contributed by atoms with Crippen LogP contribution in [0, 0.1) is 0 Å². The number of carbonyl (C=O) groups is 1. The number of hydrogen-bond donors (Lipinski definition) is 0. The second kappa shape index (κ2) is 2.87. The van der Waals surface area contributed by atoms with Gasteiger partial charge in [0.2, 0.25) is 0 Å². The molecule has 0 spiro atoms. The molecular weight excluding hydrogens is 140 g/mol. The van der Waals surface area contributed by atoms with E-state index in [1.54, 1.807) is 0 Å². The van der Waals surface area contributed by atoms with Crippen molar-refractivity contribution in [1.29, 1.82) is 0 Å². The molecule has 2 nitrogen and oxygen atoms in total. The Kier molecular flexibility index (Phi) is 2.11. The fourth-order valence-corrected chi connectivity index (χ4v) is 0.848. The summed E-state index contributed by atoms with van der Waals surface area (Å²) in [5, 5.41) is -0.394. The average molecular weight is 147 g/mol. The van der Waals surface area contributed by atoms with Crippen molar-refractivity contribution in [3.8, 4) is 0 Å². The van der Waals surface area contributed by atoms with Gasteiger partial charge in [0, 0.05) is 5.57 Å². The van der Waals surface area contributed by atoms with Crippen molar-refractivity contribution >= 4 is 16.8 Å². The topological polar surface area (TPSA) is 26.3 Å². The third-order valence-corrected chi connectivity index (χ3v) is 1.43. The maximum Gasteiger partial charge on any atom is 0.251 e. The van der Waals surface area contributed by atoms with Crippen LogP contribution in [0.15, 0.2) is 11.8 Å². The van der Waals surface area contributed by atoms with Crippen LogP contribution in [0.3, 0.4) is 0 Å². The Balaban J connectivity index is 2.57. The van der Waals surface area contributed by atoms with Crippen molar-refractivity contribution in [1.82, 2.24) is 0 Å². The molecule has 1 aliphatic heterocycles. The number of ether oxygens (including phenoxy) is 1. The van der Waals surface area contributed by atoms with Crippen LogP contribution < -0.4 is 0 Å². The lowest BCUT2D eigenvalue weighted by Gasteiger charge is -2.08. The number of rotatable bonds is 1. The molecule has 0 saturated heterocycles. The van der Waals surface area contributed by atoms with Crippen molar-refractivity contribution in [2.24, 2.45) is 0 Å². The van der Waals surface area contributed by atoms with Crippen LogP contribution in [-0.4, -0.2) is 11.8 Å². The molecule has 0 aromatic rings. The van der Waals surface area contributed by atoms with Gasteiger partial charge >= 0.3 is 0 Å². The first-order valence-electron chi connectivity index (χ1n) is 2.81. The highest BCUT2D eigenvalue weighted by Gasteiger charge is 2.09. The van der Waals surface area contributed by atoms with Gasteiger partial charge in [-0.2, -0.15) is 0 Å². The molecule has 0 amide bonds. The molecule has 3 heteroatoms. The first-order valence-corrected chi connectivity index (χ1v) is 3.19. The summed E-state index contributed by atoms with van der Waals surface area (Å²) < 4.78 is 4.88. The van der Waals surface area contributed by atoms with E-state index in [0.717, 1.165) is 12.8 Å². The van der Waals surface area contributed by atoms with Gasteiger partial charge in [-0.1, -0.05) is 0 Å². The molecule has 0 atom stereocenters. The van der Waals surface area contributed by atoms with Gasteiger partial charge in [0.25, 0.3) is 5.24 Å². The van der Waals surface area contributed by atoms with Gasteiger partial charge in [0.15, 0.2) is 0 Å². The van der Waals surface area contributed by atoms with Gasteiger partial charge in [-0.05, 0) is 24.4 Å². The highest BCUT2D eigenvalue weighted by atomic mass is 35.5. The molecule has 0 radical (unpaired) electrons. The minimum Gasteiger partial charge on any atom is -0.501 e. The molecule has 0 aromatic carbocycles. The molecule has 0 saturated carbocycles. The van der Waals surface area contributed by atoms with Crippen molar-refractivity contribution in [3.63, 3.8) is 0 Å². The average Bonchev–Trinajstić information content (AvgIpc) is 1.90. The summed E-state index contributed by atoms with van der Waals surface area (Å²) in [6.07, 6.45) is 3.09. The maximum atomic E-state index is 10.4. The second-order valence-corrected chi connectivity index (χ2v) is 2.23. The van der Waals surface area contributed by atoms with E-state index in [2.05, 4.69) is 0 Å². The lowest BCUT2D eigenvalue weighted by molar-refractivity contribution is -0.109. The molecule has 0 bridgehead atoms. The highest BCUT2D eigenvalue weighted by Crippen LogP contribution is 2.13. The highest BCUT2D eigenvalue weighted by molar-refractivity contribution is 6.67. The van der Waals surface area contributed by atoms with Gasteiger partial charge in [-0.3, -0.25) is 4.79 Å². The molecule has 1 rings (SSSR count). The van der Waals surface area contributed by atoms with Gasteiger partial charge in [-0.15, -0.1) is 0 Å². The minimum absolute atomic E-state index is 0.394. The van der Waals surface area contributed by atoms with E-state index in [1.165, 1.54) is 6.26 Å². The van der Waals surface area contributed by atoms with Crippen LogP contribution >= 0.6 is 11.6 Å². The summed E-state index contributed by atoms with van der Waals surface area (Å²) in [6, 6.07) is 0.